The molecule has 2 bridgehead atoms. The Balaban J connectivity index is 1.70. The van der Waals surface area contributed by atoms with E-state index in [0.29, 0.717) is 24.9 Å². The molecule has 1 aromatic rings. The van der Waals surface area contributed by atoms with Crippen LogP contribution in [0.5, 0.6) is 0 Å². The molecule has 2 unspecified atom stereocenters. The third-order valence-corrected chi connectivity index (χ3v) is 5.92. The number of carbonyl (C=O) groups excluding carboxylic acids is 2. The molecule has 1 aromatic carbocycles. The lowest BCUT2D eigenvalue weighted by Gasteiger charge is -2.44. The van der Waals surface area contributed by atoms with Crippen molar-refractivity contribution in [3.8, 4) is 0 Å². The molecule has 0 aromatic heterocycles. The first-order chi connectivity index (χ1) is 12.0. The van der Waals surface area contributed by atoms with Gasteiger partial charge in [0.15, 0.2) is 0 Å². The van der Waals surface area contributed by atoms with Crippen LogP contribution in [0, 0.1) is 17.8 Å². The van der Waals surface area contributed by atoms with Gasteiger partial charge in [0, 0.05) is 31.5 Å². The summed E-state index contributed by atoms with van der Waals surface area (Å²) in [5, 5.41) is 0. The van der Waals surface area contributed by atoms with Crippen molar-refractivity contribution in [1.82, 2.24) is 4.90 Å². The van der Waals surface area contributed by atoms with Gasteiger partial charge in [0.05, 0.1) is 0 Å². The fourth-order valence-electron chi connectivity index (χ4n) is 4.57. The van der Waals surface area contributed by atoms with Gasteiger partial charge >= 0.3 is 0 Å². The fourth-order valence-corrected chi connectivity index (χ4v) is 4.57. The van der Waals surface area contributed by atoms with Gasteiger partial charge in [-0.05, 0) is 43.1 Å². The molecule has 2 fully saturated rings. The number of hydrogen-bond acceptors (Lipinski definition) is 3. The van der Waals surface area contributed by atoms with Gasteiger partial charge in [0.2, 0.25) is 11.8 Å². The Labute approximate surface area is 149 Å². The normalized spacial score (nSPS) is 28.4. The van der Waals surface area contributed by atoms with E-state index in [2.05, 4.69) is 0 Å². The number of hydrogen-bond donors (Lipinski definition) is 2. The van der Waals surface area contributed by atoms with Gasteiger partial charge in [0.25, 0.3) is 0 Å². The van der Waals surface area contributed by atoms with Crippen molar-refractivity contribution in [2.24, 2.45) is 29.2 Å². The Morgan fingerprint density at radius 1 is 1.08 bits per heavy atom. The van der Waals surface area contributed by atoms with E-state index in [-0.39, 0.29) is 30.2 Å². The quantitative estimate of drug-likeness (QED) is 0.828. The first-order valence-electron chi connectivity index (χ1n) is 9.41. The lowest BCUT2D eigenvalue weighted by molar-refractivity contribution is -0.139. The largest absolute Gasteiger partial charge is 0.370 e. The Morgan fingerprint density at radius 2 is 1.72 bits per heavy atom. The van der Waals surface area contributed by atoms with Gasteiger partial charge in [0.1, 0.15) is 0 Å². The van der Waals surface area contributed by atoms with E-state index in [4.69, 9.17) is 11.5 Å². The van der Waals surface area contributed by atoms with Crippen molar-refractivity contribution in [2.45, 2.75) is 51.1 Å². The van der Waals surface area contributed by atoms with Gasteiger partial charge in [-0.15, -0.1) is 0 Å². The molecule has 2 atom stereocenters. The van der Waals surface area contributed by atoms with E-state index in [1.807, 2.05) is 35.2 Å². The Kier molecular flexibility index (Phi) is 5.74. The van der Waals surface area contributed by atoms with Gasteiger partial charge in [-0.3, -0.25) is 9.59 Å². The van der Waals surface area contributed by atoms with E-state index in [0.717, 1.165) is 31.2 Å². The second kappa shape index (κ2) is 8.00. The highest BCUT2D eigenvalue weighted by Gasteiger charge is 2.41. The molecule has 0 spiro atoms. The predicted molar refractivity (Wildman–Crippen MR) is 97.2 cm³/mol. The van der Waals surface area contributed by atoms with Crippen LogP contribution < -0.4 is 11.5 Å². The van der Waals surface area contributed by atoms with Gasteiger partial charge in [-0.1, -0.05) is 36.8 Å². The van der Waals surface area contributed by atoms with E-state index in [1.165, 1.54) is 6.42 Å². The molecule has 2 amide bonds. The molecule has 3 rings (SSSR count). The summed E-state index contributed by atoms with van der Waals surface area (Å²) >= 11 is 0. The highest BCUT2D eigenvalue weighted by molar-refractivity contribution is 5.80. The van der Waals surface area contributed by atoms with Crippen LogP contribution in [0.3, 0.4) is 0 Å². The number of fused-ring (bicyclic) bond motifs is 2. The zero-order chi connectivity index (χ0) is 17.8. The van der Waals surface area contributed by atoms with Crippen molar-refractivity contribution in [1.29, 1.82) is 0 Å². The third kappa shape index (κ3) is 4.40. The molecule has 25 heavy (non-hydrogen) atoms. The number of benzene rings is 1. The average molecular weight is 343 g/mol. The van der Waals surface area contributed by atoms with Crippen LogP contribution in [0.4, 0.5) is 0 Å². The number of nitrogens with zero attached hydrogens (tertiary/aromatic N) is 1. The fraction of sp³-hybridized carbons (Fsp3) is 0.600. The highest BCUT2D eigenvalue weighted by atomic mass is 16.2. The van der Waals surface area contributed by atoms with Crippen LogP contribution in [0.1, 0.15) is 44.1 Å². The molecule has 0 saturated heterocycles. The monoisotopic (exact) mass is 343 g/mol. The van der Waals surface area contributed by atoms with Crippen LogP contribution in [-0.2, 0) is 16.1 Å². The predicted octanol–water partition coefficient (Wildman–Crippen LogP) is 2.04. The third-order valence-electron chi connectivity index (χ3n) is 5.92. The molecular formula is C20H29N3O2. The smallest absolute Gasteiger partial charge is 0.226 e. The zero-order valence-corrected chi connectivity index (χ0v) is 14.8. The summed E-state index contributed by atoms with van der Waals surface area (Å²) < 4.78 is 0. The van der Waals surface area contributed by atoms with E-state index in [9.17, 15) is 9.59 Å². The van der Waals surface area contributed by atoms with E-state index < -0.39 is 0 Å². The summed E-state index contributed by atoms with van der Waals surface area (Å²) in [6.45, 7) is 0.922. The Hall–Kier alpha value is -1.88. The number of carbonyl (C=O) groups is 2. The Morgan fingerprint density at radius 3 is 2.32 bits per heavy atom. The first kappa shape index (κ1) is 17.9. The maximum Gasteiger partial charge on any atom is 0.226 e. The molecule has 5 nitrogen and oxygen atoms in total. The van der Waals surface area contributed by atoms with Crippen molar-refractivity contribution < 1.29 is 9.59 Å². The average Bonchev–Trinajstić information content (AvgIpc) is 2.58. The summed E-state index contributed by atoms with van der Waals surface area (Å²) in [4.78, 5) is 26.2. The maximum absolute atomic E-state index is 13.2. The first-order valence-corrected chi connectivity index (χ1v) is 9.41. The molecule has 136 valence electrons. The Bertz CT molecular complexity index is 590. The topological polar surface area (TPSA) is 89.4 Å². The minimum atomic E-state index is -0.367. The summed E-state index contributed by atoms with van der Waals surface area (Å²) in [6.07, 6.45) is 5.50. The van der Waals surface area contributed by atoms with Gasteiger partial charge in [-0.2, -0.15) is 0 Å². The zero-order valence-electron chi connectivity index (χ0n) is 14.8. The minimum absolute atomic E-state index is 0.0340. The summed E-state index contributed by atoms with van der Waals surface area (Å²) in [5.74, 6) is 0.765. The number of amides is 2. The molecule has 0 radical (unpaired) electrons. The lowest BCUT2D eigenvalue weighted by Crippen LogP contribution is -2.49. The van der Waals surface area contributed by atoms with Crippen molar-refractivity contribution in [2.75, 3.05) is 6.54 Å². The number of rotatable bonds is 6. The molecule has 2 saturated carbocycles. The SMILES string of the molecule is NC(=O)CCN(Cc1ccccc1)C(=O)C1CC2CCCC(C1)C2N. The maximum atomic E-state index is 13.2. The highest BCUT2D eigenvalue weighted by Crippen LogP contribution is 2.42. The second-order valence-electron chi connectivity index (χ2n) is 7.66. The van der Waals surface area contributed by atoms with Crippen LogP contribution in [0.2, 0.25) is 0 Å². The molecular weight excluding hydrogens is 314 g/mol. The second-order valence-corrected chi connectivity index (χ2v) is 7.66. The molecule has 2 aliphatic carbocycles. The molecule has 0 heterocycles. The van der Waals surface area contributed by atoms with Crippen molar-refractivity contribution in [3.05, 3.63) is 35.9 Å². The van der Waals surface area contributed by atoms with Crippen molar-refractivity contribution >= 4 is 11.8 Å². The van der Waals surface area contributed by atoms with Crippen molar-refractivity contribution in [3.63, 3.8) is 0 Å². The van der Waals surface area contributed by atoms with E-state index in [1.54, 1.807) is 0 Å². The molecule has 5 heteroatoms. The minimum Gasteiger partial charge on any atom is -0.370 e. The van der Waals surface area contributed by atoms with Crippen LogP contribution in [0.25, 0.3) is 0 Å². The lowest BCUT2D eigenvalue weighted by atomic mass is 9.65. The molecule has 4 N–H and O–H groups in total. The molecule has 0 aliphatic heterocycles. The van der Waals surface area contributed by atoms with Crippen LogP contribution in [-0.4, -0.2) is 29.3 Å². The number of primary amides is 1. The van der Waals surface area contributed by atoms with Crippen LogP contribution >= 0.6 is 0 Å². The van der Waals surface area contributed by atoms with Crippen LogP contribution in [0.15, 0.2) is 30.3 Å². The standard InChI is InChI=1S/C20H29N3O2/c21-18(24)9-10-23(13-14-5-2-1-3-6-14)20(25)17-11-15-7-4-8-16(12-17)19(15)22/h1-3,5-6,15-17,19H,4,7-13,22H2,(H2,21,24). The summed E-state index contributed by atoms with van der Waals surface area (Å²) in [5.41, 5.74) is 12.7. The van der Waals surface area contributed by atoms with Gasteiger partial charge in [-0.25, -0.2) is 0 Å². The molecule has 2 aliphatic rings. The summed E-state index contributed by atoms with van der Waals surface area (Å²) in [6, 6.07) is 10.2. The number of nitrogens with two attached hydrogens (primary N) is 2. The van der Waals surface area contributed by atoms with E-state index >= 15 is 0 Å². The van der Waals surface area contributed by atoms with Gasteiger partial charge < -0.3 is 16.4 Å². The summed E-state index contributed by atoms with van der Waals surface area (Å²) in [7, 11) is 0.